The highest BCUT2D eigenvalue weighted by atomic mass is 35.5. The molecule has 0 spiro atoms. The fourth-order valence-electron chi connectivity index (χ4n) is 2.50. The molecule has 0 fully saturated rings. The van der Waals surface area contributed by atoms with Gasteiger partial charge < -0.3 is 10.1 Å². The van der Waals surface area contributed by atoms with Crippen molar-refractivity contribution in [3.63, 3.8) is 0 Å². The first-order valence-corrected chi connectivity index (χ1v) is 8.67. The molecule has 144 valence electrons. The number of ether oxygens (including phenoxy) is 1. The van der Waals surface area contributed by atoms with Crippen molar-refractivity contribution < 1.29 is 14.5 Å². The number of hydrogen-bond acceptors (Lipinski definition) is 6. The summed E-state index contributed by atoms with van der Waals surface area (Å²) in [5.74, 6) is 0.193. The van der Waals surface area contributed by atoms with E-state index in [9.17, 15) is 14.9 Å². The molecule has 0 aliphatic carbocycles. The number of carbonyl (C=O) groups is 1. The number of non-ortho nitro benzene ring substituents is 1. The van der Waals surface area contributed by atoms with Crippen molar-refractivity contribution in [3.8, 4) is 11.4 Å². The first kappa shape index (κ1) is 19.3. The average molecular weight is 402 g/mol. The molecule has 0 atom stereocenters. The number of amides is 1. The maximum absolute atomic E-state index is 12.3. The molecule has 1 aromatic heterocycles. The van der Waals surface area contributed by atoms with Crippen molar-refractivity contribution in [1.82, 2.24) is 20.3 Å². The molecule has 28 heavy (non-hydrogen) atoms. The number of nitrogens with zero attached hydrogens (tertiary/aromatic N) is 4. The highest BCUT2D eigenvalue weighted by molar-refractivity contribution is 6.30. The van der Waals surface area contributed by atoms with Crippen LogP contribution in [0, 0.1) is 17.0 Å². The minimum Gasteiger partial charge on any atom is -0.492 e. The van der Waals surface area contributed by atoms with Gasteiger partial charge in [-0.25, -0.2) is 4.68 Å². The Morgan fingerprint density at radius 3 is 2.82 bits per heavy atom. The molecule has 9 nitrogen and oxygen atoms in total. The highest BCUT2D eigenvalue weighted by Crippen LogP contribution is 2.18. The summed E-state index contributed by atoms with van der Waals surface area (Å²) in [5, 5.41) is 22.0. The maximum atomic E-state index is 12.3. The first-order valence-electron chi connectivity index (χ1n) is 8.29. The van der Waals surface area contributed by atoms with Crippen LogP contribution in [0.25, 0.3) is 5.69 Å². The minimum atomic E-state index is -0.497. The number of rotatable bonds is 7. The zero-order valence-corrected chi connectivity index (χ0v) is 15.6. The van der Waals surface area contributed by atoms with Gasteiger partial charge >= 0.3 is 0 Å². The van der Waals surface area contributed by atoms with Gasteiger partial charge in [0.1, 0.15) is 12.4 Å². The van der Waals surface area contributed by atoms with Crippen LogP contribution in [0.4, 0.5) is 5.69 Å². The second-order valence-electron chi connectivity index (χ2n) is 5.77. The first-order chi connectivity index (χ1) is 13.5. The molecule has 3 rings (SSSR count). The van der Waals surface area contributed by atoms with E-state index in [1.54, 1.807) is 43.3 Å². The topological polar surface area (TPSA) is 112 Å². The number of aromatic nitrogens is 3. The number of halogens is 1. The number of hydrogen-bond donors (Lipinski definition) is 1. The van der Waals surface area contributed by atoms with E-state index < -0.39 is 10.8 Å². The van der Waals surface area contributed by atoms with Crippen molar-refractivity contribution in [1.29, 1.82) is 0 Å². The van der Waals surface area contributed by atoms with E-state index in [-0.39, 0.29) is 24.5 Å². The number of nitro benzene ring substituents is 1. The number of nitro groups is 1. The molecular weight excluding hydrogens is 386 g/mol. The van der Waals surface area contributed by atoms with Crippen molar-refractivity contribution in [3.05, 3.63) is 75.1 Å². The fourth-order valence-corrected chi connectivity index (χ4v) is 2.68. The summed E-state index contributed by atoms with van der Waals surface area (Å²) in [5.41, 5.74) is 0.974. The van der Waals surface area contributed by atoms with E-state index in [1.807, 2.05) is 0 Å². The lowest BCUT2D eigenvalue weighted by Crippen LogP contribution is -2.29. The third-order valence-electron chi connectivity index (χ3n) is 3.85. The summed E-state index contributed by atoms with van der Waals surface area (Å²) < 4.78 is 6.89. The van der Waals surface area contributed by atoms with Crippen molar-refractivity contribution in [2.75, 3.05) is 13.2 Å². The van der Waals surface area contributed by atoms with E-state index in [4.69, 9.17) is 16.3 Å². The Balaban J connectivity index is 1.62. The van der Waals surface area contributed by atoms with Crippen LogP contribution in [0.5, 0.6) is 5.75 Å². The summed E-state index contributed by atoms with van der Waals surface area (Å²) >= 11 is 5.88. The molecule has 0 aliphatic rings. The molecule has 2 aromatic carbocycles. The molecule has 3 aromatic rings. The van der Waals surface area contributed by atoms with Gasteiger partial charge in [0.2, 0.25) is 0 Å². The lowest BCUT2D eigenvalue weighted by atomic mass is 10.2. The fraction of sp³-hybridized carbons (Fsp3) is 0.167. The number of carbonyl (C=O) groups excluding carboxylic acids is 1. The molecule has 0 saturated carbocycles. The van der Waals surface area contributed by atoms with Crippen LogP contribution >= 0.6 is 11.6 Å². The molecule has 0 radical (unpaired) electrons. The molecule has 10 heteroatoms. The molecule has 1 heterocycles. The van der Waals surface area contributed by atoms with Crippen molar-refractivity contribution in [2.24, 2.45) is 0 Å². The summed E-state index contributed by atoms with van der Waals surface area (Å²) in [6, 6.07) is 12.9. The normalized spacial score (nSPS) is 10.5. The second-order valence-corrected chi connectivity index (χ2v) is 6.21. The SMILES string of the molecule is Cc1c(C(=O)NCCOc2cccc(Cl)c2)nnn1-c1cccc([N+](=O)[O-])c1. The summed E-state index contributed by atoms with van der Waals surface area (Å²) in [6.45, 7) is 2.18. The van der Waals surface area contributed by atoms with Gasteiger partial charge in [0.05, 0.1) is 22.8 Å². The maximum Gasteiger partial charge on any atom is 0.273 e. The second kappa shape index (κ2) is 8.49. The predicted molar refractivity (Wildman–Crippen MR) is 102 cm³/mol. The van der Waals surface area contributed by atoms with Gasteiger partial charge in [-0.3, -0.25) is 14.9 Å². The Morgan fingerprint density at radius 2 is 2.07 bits per heavy atom. The molecule has 0 saturated heterocycles. The minimum absolute atomic E-state index is 0.0726. The summed E-state index contributed by atoms with van der Waals surface area (Å²) in [7, 11) is 0. The van der Waals surface area contributed by atoms with Gasteiger partial charge in [-0.1, -0.05) is 28.9 Å². The lowest BCUT2D eigenvalue weighted by molar-refractivity contribution is -0.384. The van der Waals surface area contributed by atoms with Gasteiger partial charge in [0.15, 0.2) is 5.69 Å². The van der Waals surface area contributed by atoms with Crippen LogP contribution in [0.1, 0.15) is 16.2 Å². The molecule has 1 N–H and O–H groups in total. The zero-order valence-electron chi connectivity index (χ0n) is 14.8. The third kappa shape index (κ3) is 4.44. The van der Waals surface area contributed by atoms with Gasteiger partial charge in [-0.15, -0.1) is 5.10 Å². The van der Waals surface area contributed by atoms with Crippen molar-refractivity contribution in [2.45, 2.75) is 6.92 Å². The van der Waals surface area contributed by atoms with E-state index in [1.165, 1.54) is 16.8 Å². The Bertz CT molecular complexity index is 1020. The van der Waals surface area contributed by atoms with Crippen LogP contribution in [-0.2, 0) is 0 Å². The molecular formula is C18H16ClN5O4. The largest absolute Gasteiger partial charge is 0.492 e. The third-order valence-corrected chi connectivity index (χ3v) is 4.08. The Labute approximate surface area is 165 Å². The van der Waals surface area contributed by atoms with Crippen LogP contribution in [0.3, 0.4) is 0 Å². The van der Waals surface area contributed by atoms with E-state index in [0.717, 1.165) is 0 Å². The van der Waals surface area contributed by atoms with Gasteiger partial charge in [0.25, 0.3) is 11.6 Å². The average Bonchev–Trinajstić information content (AvgIpc) is 3.07. The van der Waals surface area contributed by atoms with Crippen LogP contribution < -0.4 is 10.1 Å². The number of nitrogens with one attached hydrogen (secondary N) is 1. The lowest BCUT2D eigenvalue weighted by Gasteiger charge is -2.07. The van der Waals surface area contributed by atoms with Crippen LogP contribution in [0.15, 0.2) is 48.5 Å². The molecule has 0 bridgehead atoms. The predicted octanol–water partition coefficient (Wildman–Crippen LogP) is 2.95. The zero-order chi connectivity index (χ0) is 20.1. The summed E-state index contributed by atoms with van der Waals surface area (Å²) in [4.78, 5) is 22.8. The van der Waals surface area contributed by atoms with Gasteiger partial charge in [-0.2, -0.15) is 0 Å². The van der Waals surface area contributed by atoms with Gasteiger partial charge in [-0.05, 0) is 31.2 Å². The summed E-state index contributed by atoms with van der Waals surface area (Å²) in [6.07, 6.45) is 0. The van der Waals surface area contributed by atoms with E-state index in [0.29, 0.717) is 22.2 Å². The Morgan fingerprint density at radius 1 is 1.29 bits per heavy atom. The smallest absolute Gasteiger partial charge is 0.273 e. The Hall–Kier alpha value is -3.46. The molecule has 0 aliphatic heterocycles. The monoisotopic (exact) mass is 401 g/mol. The number of benzene rings is 2. The van der Waals surface area contributed by atoms with E-state index in [2.05, 4.69) is 15.6 Å². The van der Waals surface area contributed by atoms with Crippen LogP contribution in [-0.4, -0.2) is 39.0 Å². The molecule has 1 amide bonds. The van der Waals surface area contributed by atoms with Crippen LogP contribution in [0.2, 0.25) is 5.02 Å². The Kier molecular flexibility index (Phi) is 5.85. The highest BCUT2D eigenvalue weighted by Gasteiger charge is 2.18. The standard InChI is InChI=1S/C18H16ClN5O4/c1-12-17(18(25)20-8-9-28-16-7-2-4-13(19)10-16)21-22-23(12)14-5-3-6-15(11-14)24(26)27/h2-7,10-11H,8-9H2,1H3,(H,20,25). The van der Waals surface area contributed by atoms with Gasteiger partial charge in [0, 0.05) is 17.2 Å². The molecule has 0 unspecified atom stereocenters. The van der Waals surface area contributed by atoms with E-state index >= 15 is 0 Å². The quantitative estimate of drug-likeness (QED) is 0.370. The van der Waals surface area contributed by atoms with Crippen molar-refractivity contribution >= 4 is 23.2 Å².